The van der Waals surface area contributed by atoms with Crippen LogP contribution in [0.5, 0.6) is 0 Å². The van der Waals surface area contributed by atoms with E-state index >= 15 is 0 Å². The molecule has 0 aliphatic heterocycles. The summed E-state index contributed by atoms with van der Waals surface area (Å²) in [7, 11) is 0. The van der Waals surface area contributed by atoms with Crippen LogP contribution in [-0.4, -0.2) is 28.6 Å². The van der Waals surface area contributed by atoms with Gasteiger partial charge >= 0.3 is 0 Å². The summed E-state index contributed by atoms with van der Waals surface area (Å²) in [6, 6.07) is 0. The van der Waals surface area contributed by atoms with E-state index in [0.29, 0.717) is 0 Å². The van der Waals surface area contributed by atoms with Gasteiger partial charge in [0, 0.05) is 12.4 Å². The molecule has 0 bridgehead atoms. The van der Waals surface area contributed by atoms with Crippen LogP contribution in [0.15, 0.2) is 4.99 Å². The van der Waals surface area contributed by atoms with Crippen LogP contribution in [0.2, 0.25) is 0 Å². The molecule has 13 heavy (non-hydrogen) atoms. The Morgan fingerprint density at radius 3 is 2.54 bits per heavy atom. The van der Waals surface area contributed by atoms with Gasteiger partial charge in [0.25, 0.3) is 0 Å². The Morgan fingerprint density at radius 1 is 1.31 bits per heavy atom. The fourth-order valence-electron chi connectivity index (χ4n) is 0.709. The molecule has 0 radical (unpaired) electrons. The van der Waals surface area contributed by atoms with E-state index in [1.54, 1.807) is 0 Å². The fourth-order valence-corrected chi connectivity index (χ4v) is 1.42. The predicted octanol–water partition coefficient (Wildman–Crippen LogP) is 0.0904. The molecule has 0 saturated heterocycles. The van der Waals surface area contributed by atoms with Crippen molar-refractivity contribution in [3.8, 4) is 0 Å². The van der Waals surface area contributed by atoms with E-state index in [1.807, 2.05) is 0 Å². The van der Waals surface area contributed by atoms with Crippen LogP contribution in [0.25, 0.3) is 0 Å². The van der Waals surface area contributed by atoms with Gasteiger partial charge in [0.2, 0.25) is 0 Å². The number of aliphatic hydroxyl groups is 1. The highest BCUT2D eigenvalue weighted by molar-refractivity contribution is 8.13. The first-order valence-corrected chi connectivity index (χ1v) is 5.07. The number of nitrogens with one attached hydrogen (secondary N) is 1. The standard InChI is InChI=1S/C7H16N4OS/c8-6(9)11-7(10)13-5-3-1-2-4-12/h12H,1-5H2,(H5,8,9,10,11). The summed E-state index contributed by atoms with van der Waals surface area (Å²) in [5, 5.41) is 15.9. The molecule has 0 spiro atoms. The van der Waals surface area contributed by atoms with Crippen LogP contribution in [0.1, 0.15) is 19.3 Å². The van der Waals surface area contributed by atoms with Crippen LogP contribution in [-0.2, 0) is 0 Å². The maximum atomic E-state index is 8.49. The molecule has 0 unspecified atom stereocenters. The summed E-state index contributed by atoms with van der Waals surface area (Å²) in [4.78, 5) is 3.56. The van der Waals surface area contributed by atoms with E-state index in [9.17, 15) is 0 Å². The highest BCUT2D eigenvalue weighted by Crippen LogP contribution is 2.07. The Kier molecular flexibility index (Phi) is 7.42. The van der Waals surface area contributed by atoms with Gasteiger partial charge in [-0.1, -0.05) is 18.2 Å². The van der Waals surface area contributed by atoms with Crippen molar-refractivity contribution in [3.05, 3.63) is 0 Å². The van der Waals surface area contributed by atoms with Gasteiger partial charge in [0.1, 0.15) is 0 Å². The number of rotatable bonds is 5. The summed E-state index contributed by atoms with van der Waals surface area (Å²) in [6.45, 7) is 0.232. The Balaban J connectivity index is 3.33. The Bertz CT molecular complexity index is 179. The van der Waals surface area contributed by atoms with Crippen molar-refractivity contribution in [2.24, 2.45) is 16.5 Å². The number of nitrogens with two attached hydrogens (primary N) is 2. The summed E-state index contributed by atoms with van der Waals surface area (Å²) in [5.41, 5.74) is 10.2. The van der Waals surface area contributed by atoms with E-state index in [0.717, 1.165) is 25.0 Å². The minimum atomic E-state index is -0.0761. The van der Waals surface area contributed by atoms with Gasteiger partial charge in [0.05, 0.1) is 0 Å². The lowest BCUT2D eigenvalue weighted by atomic mass is 10.3. The molecule has 0 aromatic heterocycles. The number of guanidine groups is 1. The number of aliphatic hydroxyl groups excluding tert-OH is 1. The lowest BCUT2D eigenvalue weighted by Crippen LogP contribution is -2.23. The number of amidine groups is 1. The largest absolute Gasteiger partial charge is 0.396 e. The summed E-state index contributed by atoms with van der Waals surface area (Å²) >= 11 is 1.31. The van der Waals surface area contributed by atoms with Crippen molar-refractivity contribution in [3.63, 3.8) is 0 Å². The third-order valence-electron chi connectivity index (χ3n) is 1.27. The van der Waals surface area contributed by atoms with Crippen LogP contribution in [0.4, 0.5) is 0 Å². The normalized spacial score (nSPS) is 9.62. The first kappa shape index (κ1) is 12.2. The average molecular weight is 204 g/mol. The minimum Gasteiger partial charge on any atom is -0.396 e. The van der Waals surface area contributed by atoms with Crippen molar-refractivity contribution in [1.82, 2.24) is 0 Å². The number of thioether (sulfide) groups is 1. The molecule has 0 aliphatic rings. The van der Waals surface area contributed by atoms with Gasteiger partial charge in [-0.05, 0) is 12.8 Å². The summed E-state index contributed by atoms with van der Waals surface area (Å²) in [6.07, 6.45) is 2.75. The molecular formula is C7H16N4OS. The molecule has 6 heteroatoms. The molecule has 6 N–H and O–H groups in total. The van der Waals surface area contributed by atoms with Gasteiger partial charge in [0.15, 0.2) is 11.1 Å². The first-order chi connectivity index (χ1) is 6.16. The molecule has 0 heterocycles. The van der Waals surface area contributed by atoms with Gasteiger partial charge in [-0.2, -0.15) is 4.99 Å². The second-order valence-electron chi connectivity index (χ2n) is 2.47. The second kappa shape index (κ2) is 7.88. The lowest BCUT2D eigenvalue weighted by Gasteiger charge is -1.98. The summed E-state index contributed by atoms with van der Waals surface area (Å²) < 4.78 is 0. The molecule has 0 atom stereocenters. The molecule has 0 rings (SSSR count). The highest BCUT2D eigenvalue weighted by Gasteiger charge is 1.95. The topological polar surface area (TPSA) is 108 Å². The van der Waals surface area contributed by atoms with E-state index in [4.69, 9.17) is 22.0 Å². The van der Waals surface area contributed by atoms with Crippen molar-refractivity contribution in [2.45, 2.75) is 19.3 Å². The van der Waals surface area contributed by atoms with Crippen LogP contribution in [0, 0.1) is 5.41 Å². The molecule has 0 saturated carbocycles. The molecule has 0 aromatic carbocycles. The number of nitrogens with zero attached hydrogens (tertiary/aromatic N) is 1. The van der Waals surface area contributed by atoms with Crippen molar-refractivity contribution >= 4 is 22.9 Å². The number of hydrogen-bond donors (Lipinski definition) is 4. The molecular weight excluding hydrogens is 188 g/mol. The molecule has 0 amide bonds. The molecule has 76 valence electrons. The predicted molar refractivity (Wildman–Crippen MR) is 56.9 cm³/mol. The Hall–Kier alpha value is -0.750. The lowest BCUT2D eigenvalue weighted by molar-refractivity contribution is 0.284. The van der Waals surface area contributed by atoms with E-state index in [-0.39, 0.29) is 17.7 Å². The Labute approximate surface area is 82.1 Å². The smallest absolute Gasteiger partial charge is 0.193 e. The van der Waals surface area contributed by atoms with Crippen molar-refractivity contribution < 1.29 is 5.11 Å². The number of unbranched alkanes of at least 4 members (excludes halogenated alkanes) is 2. The third kappa shape index (κ3) is 9.16. The first-order valence-electron chi connectivity index (χ1n) is 4.08. The van der Waals surface area contributed by atoms with Gasteiger partial charge < -0.3 is 16.6 Å². The molecule has 0 aliphatic carbocycles. The van der Waals surface area contributed by atoms with Crippen LogP contribution >= 0.6 is 11.8 Å². The Morgan fingerprint density at radius 2 is 2.00 bits per heavy atom. The van der Waals surface area contributed by atoms with Crippen molar-refractivity contribution in [2.75, 3.05) is 12.4 Å². The van der Waals surface area contributed by atoms with Crippen LogP contribution in [0.3, 0.4) is 0 Å². The molecule has 0 fully saturated rings. The maximum Gasteiger partial charge on any atom is 0.193 e. The number of hydrogen-bond acceptors (Lipinski definition) is 3. The number of aliphatic imine (C=N–C) groups is 1. The van der Waals surface area contributed by atoms with Crippen LogP contribution < -0.4 is 11.5 Å². The summed E-state index contributed by atoms with van der Waals surface area (Å²) in [5.74, 6) is 0.739. The SMILES string of the molecule is N=C(N=C(N)N)SCCCCCO. The maximum absolute atomic E-state index is 8.49. The van der Waals surface area contributed by atoms with Gasteiger partial charge in [-0.25, -0.2) is 0 Å². The molecule has 5 nitrogen and oxygen atoms in total. The molecule has 0 aromatic rings. The quantitative estimate of drug-likeness (QED) is 0.289. The van der Waals surface area contributed by atoms with Gasteiger partial charge in [-0.3, -0.25) is 5.41 Å². The van der Waals surface area contributed by atoms with Crippen molar-refractivity contribution in [1.29, 1.82) is 5.41 Å². The van der Waals surface area contributed by atoms with E-state index in [2.05, 4.69) is 4.99 Å². The van der Waals surface area contributed by atoms with E-state index < -0.39 is 0 Å². The average Bonchev–Trinajstić information content (AvgIpc) is 2.02. The van der Waals surface area contributed by atoms with Gasteiger partial charge in [-0.15, -0.1) is 0 Å². The zero-order chi connectivity index (χ0) is 10.1. The van der Waals surface area contributed by atoms with E-state index in [1.165, 1.54) is 11.8 Å². The fraction of sp³-hybridized carbons (Fsp3) is 0.714. The third-order valence-corrected chi connectivity index (χ3v) is 2.13. The second-order valence-corrected chi connectivity index (χ2v) is 3.56. The monoisotopic (exact) mass is 204 g/mol. The zero-order valence-electron chi connectivity index (χ0n) is 7.49. The zero-order valence-corrected chi connectivity index (χ0v) is 8.31. The highest BCUT2D eigenvalue weighted by atomic mass is 32.2. The minimum absolute atomic E-state index is 0.0761.